The molecular formula is C19H23NO2. The number of aliphatic imine (C=N–C) groups is 1. The van der Waals surface area contributed by atoms with Crippen LogP contribution in [0.25, 0.3) is 0 Å². The molecule has 0 bridgehead atoms. The van der Waals surface area contributed by atoms with Crippen molar-refractivity contribution in [3.8, 4) is 0 Å². The van der Waals surface area contributed by atoms with Crippen LogP contribution in [0, 0.1) is 11.3 Å². The minimum Gasteiger partial charge on any atom is -0.402 e. The van der Waals surface area contributed by atoms with Crippen LogP contribution < -0.4 is 0 Å². The average Bonchev–Trinajstić information content (AvgIpc) is 2.89. The van der Waals surface area contributed by atoms with Crippen LogP contribution in [0.15, 0.2) is 46.6 Å². The Hall–Kier alpha value is -1.90. The molecule has 0 amide bonds. The summed E-state index contributed by atoms with van der Waals surface area (Å²) >= 11 is 0. The lowest BCUT2D eigenvalue weighted by molar-refractivity contribution is -0.130. The highest BCUT2D eigenvalue weighted by atomic mass is 16.6. The molecule has 0 atom stereocenters. The summed E-state index contributed by atoms with van der Waals surface area (Å²) in [6.45, 7) is 6.89. The molecule has 1 aromatic carbocycles. The molecule has 3 rings (SSSR count). The number of hydrogen-bond acceptors (Lipinski definition) is 3. The van der Waals surface area contributed by atoms with E-state index < -0.39 is 0 Å². The molecule has 3 nitrogen and oxygen atoms in total. The fraction of sp³-hybridized carbons (Fsp3) is 0.474. The lowest BCUT2D eigenvalue weighted by Crippen LogP contribution is -2.24. The van der Waals surface area contributed by atoms with Gasteiger partial charge in [0.05, 0.1) is 0 Å². The van der Waals surface area contributed by atoms with Gasteiger partial charge >= 0.3 is 5.97 Å². The molecule has 1 aromatic rings. The Kier molecular flexibility index (Phi) is 3.90. The van der Waals surface area contributed by atoms with E-state index in [9.17, 15) is 4.79 Å². The number of carbonyl (C=O) groups excluding carboxylic acids is 1. The second-order valence-electron chi connectivity index (χ2n) is 7.26. The molecule has 0 saturated heterocycles. The highest BCUT2D eigenvalue weighted by Gasteiger charge is 2.32. The molecule has 1 aliphatic carbocycles. The van der Waals surface area contributed by atoms with Gasteiger partial charge in [-0.15, -0.1) is 0 Å². The molecule has 0 radical (unpaired) electrons. The molecule has 1 fully saturated rings. The summed E-state index contributed by atoms with van der Waals surface area (Å²) in [5.74, 6) is 0.862. The zero-order valence-electron chi connectivity index (χ0n) is 13.6. The second-order valence-corrected chi connectivity index (χ2v) is 7.26. The fourth-order valence-electron chi connectivity index (χ4n) is 3.30. The van der Waals surface area contributed by atoms with Crippen molar-refractivity contribution in [3.63, 3.8) is 0 Å². The summed E-state index contributed by atoms with van der Waals surface area (Å²) in [6, 6.07) is 9.61. The number of hydrogen-bond donors (Lipinski definition) is 0. The van der Waals surface area contributed by atoms with Gasteiger partial charge in [0.15, 0.2) is 5.70 Å². The Morgan fingerprint density at radius 1 is 1.09 bits per heavy atom. The maximum atomic E-state index is 12.1. The minimum atomic E-state index is -0.289. The molecule has 0 N–H and O–H groups in total. The first-order chi connectivity index (χ1) is 10.4. The van der Waals surface area contributed by atoms with Crippen molar-refractivity contribution < 1.29 is 9.53 Å². The standard InChI is InChI=1S/C19H23NO2/c1-19(2,3)15-11-9-13(10-12-15)16-18(21)22-17(20-16)14-7-5-4-6-8-14/h4-8,15H,9-12H2,1-3H3. The Balaban J connectivity index is 1.80. The molecule has 1 aliphatic heterocycles. The van der Waals surface area contributed by atoms with Gasteiger partial charge in [0.1, 0.15) is 0 Å². The van der Waals surface area contributed by atoms with Gasteiger partial charge in [-0.25, -0.2) is 9.79 Å². The zero-order chi connectivity index (χ0) is 15.7. The van der Waals surface area contributed by atoms with Crippen LogP contribution in [0.3, 0.4) is 0 Å². The molecule has 0 spiro atoms. The van der Waals surface area contributed by atoms with Crippen LogP contribution in [-0.2, 0) is 9.53 Å². The Morgan fingerprint density at radius 2 is 1.73 bits per heavy atom. The van der Waals surface area contributed by atoms with Crippen molar-refractivity contribution in [2.75, 3.05) is 0 Å². The Bertz CT molecular complexity index is 625. The van der Waals surface area contributed by atoms with Crippen molar-refractivity contribution in [3.05, 3.63) is 47.2 Å². The highest BCUT2D eigenvalue weighted by molar-refractivity contribution is 6.11. The van der Waals surface area contributed by atoms with E-state index in [4.69, 9.17) is 4.74 Å². The SMILES string of the molecule is CC(C)(C)C1CCC(=C2N=C(c3ccccc3)OC2=O)CC1. The first-order valence-electron chi connectivity index (χ1n) is 8.03. The quantitative estimate of drug-likeness (QED) is 0.566. The number of nitrogens with zero attached hydrogens (tertiary/aromatic N) is 1. The molecule has 0 unspecified atom stereocenters. The molecule has 22 heavy (non-hydrogen) atoms. The number of rotatable bonds is 1. The number of benzene rings is 1. The van der Waals surface area contributed by atoms with E-state index in [0.717, 1.165) is 36.8 Å². The van der Waals surface area contributed by atoms with Gasteiger partial charge in [0.2, 0.25) is 5.90 Å². The van der Waals surface area contributed by atoms with E-state index in [1.165, 1.54) is 0 Å². The molecule has 116 valence electrons. The van der Waals surface area contributed by atoms with E-state index in [0.29, 0.717) is 22.9 Å². The summed E-state index contributed by atoms with van der Waals surface area (Å²) in [4.78, 5) is 16.6. The maximum Gasteiger partial charge on any atom is 0.363 e. The third kappa shape index (κ3) is 2.99. The lowest BCUT2D eigenvalue weighted by atomic mass is 9.71. The molecule has 3 heteroatoms. The smallest absolute Gasteiger partial charge is 0.363 e. The van der Waals surface area contributed by atoms with Crippen LogP contribution in [0.5, 0.6) is 0 Å². The number of ether oxygens (including phenoxy) is 1. The summed E-state index contributed by atoms with van der Waals surface area (Å²) in [5.41, 5.74) is 2.91. The first kappa shape index (κ1) is 15.0. The van der Waals surface area contributed by atoms with Crippen LogP contribution in [0.1, 0.15) is 52.0 Å². The van der Waals surface area contributed by atoms with Crippen LogP contribution in [-0.4, -0.2) is 11.9 Å². The van der Waals surface area contributed by atoms with E-state index >= 15 is 0 Å². The molecule has 1 saturated carbocycles. The van der Waals surface area contributed by atoms with Crippen molar-refractivity contribution in [1.82, 2.24) is 0 Å². The highest BCUT2D eigenvalue weighted by Crippen LogP contribution is 2.41. The van der Waals surface area contributed by atoms with Gasteiger partial charge in [0.25, 0.3) is 0 Å². The minimum absolute atomic E-state index is 0.289. The molecule has 1 heterocycles. The Labute approximate surface area is 132 Å². The summed E-state index contributed by atoms with van der Waals surface area (Å²) < 4.78 is 5.36. The van der Waals surface area contributed by atoms with Crippen molar-refractivity contribution in [2.24, 2.45) is 16.3 Å². The Morgan fingerprint density at radius 3 is 2.32 bits per heavy atom. The summed E-state index contributed by atoms with van der Waals surface area (Å²) in [7, 11) is 0. The largest absolute Gasteiger partial charge is 0.402 e. The predicted molar refractivity (Wildman–Crippen MR) is 87.5 cm³/mol. The van der Waals surface area contributed by atoms with E-state index in [2.05, 4.69) is 25.8 Å². The van der Waals surface area contributed by atoms with Gasteiger partial charge in [-0.1, -0.05) is 39.0 Å². The fourth-order valence-corrected chi connectivity index (χ4v) is 3.30. The average molecular weight is 297 g/mol. The molecule has 2 aliphatic rings. The van der Waals surface area contributed by atoms with Gasteiger partial charge in [-0.05, 0) is 54.7 Å². The van der Waals surface area contributed by atoms with Gasteiger partial charge in [0, 0.05) is 5.56 Å². The van der Waals surface area contributed by atoms with Crippen LogP contribution in [0.4, 0.5) is 0 Å². The maximum absolute atomic E-state index is 12.1. The summed E-state index contributed by atoms with van der Waals surface area (Å²) in [5, 5.41) is 0. The monoisotopic (exact) mass is 297 g/mol. The van der Waals surface area contributed by atoms with Crippen LogP contribution >= 0.6 is 0 Å². The lowest BCUT2D eigenvalue weighted by Gasteiger charge is -2.34. The topological polar surface area (TPSA) is 38.7 Å². The number of cyclic esters (lactones) is 1. The van der Waals surface area contributed by atoms with Crippen molar-refractivity contribution >= 4 is 11.9 Å². The van der Waals surface area contributed by atoms with Crippen molar-refractivity contribution in [2.45, 2.75) is 46.5 Å². The number of esters is 1. The zero-order valence-corrected chi connectivity index (χ0v) is 13.6. The van der Waals surface area contributed by atoms with Gasteiger partial charge in [-0.3, -0.25) is 0 Å². The number of allylic oxidation sites excluding steroid dienone is 1. The normalized spacial score (nSPS) is 22.6. The van der Waals surface area contributed by atoms with E-state index in [1.807, 2.05) is 30.3 Å². The molecular weight excluding hydrogens is 274 g/mol. The third-order valence-corrected chi connectivity index (χ3v) is 4.77. The van der Waals surface area contributed by atoms with E-state index in [-0.39, 0.29) is 5.97 Å². The van der Waals surface area contributed by atoms with Crippen LogP contribution in [0.2, 0.25) is 0 Å². The van der Waals surface area contributed by atoms with Gasteiger partial charge in [-0.2, -0.15) is 0 Å². The van der Waals surface area contributed by atoms with E-state index in [1.54, 1.807) is 0 Å². The summed E-state index contributed by atoms with van der Waals surface area (Å²) in [6.07, 6.45) is 4.17. The van der Waals surface area contributed by atoms with Crippen molar-refractivity contribution in [1.29, 1.82) is 0 Å². The third-order valence-electron chi connectivity index (χ3n) is 4.77. The predicted octanol–water partition coefficient (Wildman–Crippen LogP) is 4.48. The molecule has 0 aromatic heterocycles. The second kappa shape index (κ2) is 5.71. The number of carbonyl (C=O) groups is 1. The van der Waals surface area contributed by atoms with Gasteiger partial charge < -0.3 is 4.74 Å². The first-order valence-corrected chi connectivity index (χ1v) is 8.03.